The van der Waals surface area contributed by atoms with E-state index in [4.69, 9.17) is 4.42 Å². The molecule has 0 spiro atoms. The van der Waals surface area contributed by atoms with Crippen molar-refractivity contribution < 1.29 is 14.0 Å². The number of likely N-dealkylation sites (tertiary alicyclic amines) is 1. The molecule has 3 heterocycles. The summed E-state index contributed by atoms with van der Waals surface area (Å²) < 4.78 is 5.28. The highest BCUT2D eigenvalue weighted by molar-refractivity contribution is 8.00. The van der Waals surface area contributed by atoms with Gasteiger partial charge in [0.15, 0.2) is 5.76 Å². The maximum absolute atomic E-state index is 12.9. The van der Waals surface area contributed by atoms with Crippen molar-refractivity contribution in [3.05, 3.63) is 24.2 Å². The van der Waals surface area contributed by atoms with Crippen LogP contribution in [0.2, 0.25) is 0 Å². The maximum Gasteiger partial charge on any atom is 0.291 e. The van der Waals surface area contributed by atoms with Crippen molar-refractivity contribution in [2.24, 2.45) is 0 Å². The molecule has 2 aliphatic rings. The zero-order valence-electron chi connectivity index (χ0n) is 15.5. The van der Waals surface area contributed by atoms with Gasteiger partial charge in [0.25, 0.3) is 5.91 Å². The van der Waals surface area contributed by atoms with Crippen LogP contribution >= 0.6 is 11.8 Å². The van der Waals surface area contributed by atoms with Gasteiger partial charge in [-0.05, 0) is 44.5 Å². The Morgan fingerprint density at radius 2 is 2.12 bits per heavy atom. The Labute approximate surface area is 159 Å². The number of hydrogen-bond acceptors (Lipinski definition) is 5. The Balaban J connectivity index is 1.58. The summed E-state index contributed by atoms with van der Waals surface area (Å²) in [5.74, 6) is 0.717. The topological polar surface area (TPSA) is 65.8 Å². The highest BCUT2D eigenvalue weighted by Crippen LogP contribution is 2.33. The van der Waals surface area contributed by atoms with Gasteiger partial charge in [-0.3, -0.25) is 9.59 Å². The molecule has 3 rings (SSSR count). The molecule has 1 N–H and O–H groups in total. The SMILES string of the molecule is CCCC1SCC(C(=O)NCCN2CCCCC2)N1C(=O)c1ccco1. The summed E-state index contributed by atoms with van der Waals surface area (Å²) in [5.41, 5.74) is 0. The van der Waals surface area contributed by atoms with E-state index in [1.165, 1.54) is 25.5 Å². The Kier molecular flexibility index (Phi) is 7.02. The number of piperidine rings is 1. The van der Waals surface area contributed by atoms with Crippen LogP contribution < -0.4 is 5.32 Å². The molecular formula is C19H29N3O3S. The standard InChI is InChI=1S/C19H29N3O3S/c1-2-7-17-22(19(24)16-8-6-13-25-16)15(14-26-17)18(23)20-9-12-21-10-4-3-5-11-21/h6,8,13,15,17H,2-5,7,9-12,14H2,1H3,(H,20,23). The van der Waals surface area contributed by atoms with Gasteiger partial charge in [-0.1, -0.05) is 19.8 Å². The molecule has 2 unspecified atom stereocenters. The third-order valence-electron chi connectivity index (χ3n) is 5.07. The molecule has 0 radical (unpaired) electrons. The fourth-order valence-corrected chi connectivity index (χ4v) is 5.19. The van der Waals surface area contributed by atoms with E-state index in [0.29, 0.717) is 18.1 Å². The maximum atomic E-state index is 12.9. The third kappa shape index (κ3) is 4.62. The normalized spacial score (nSPS) is 24.0. The lowest BCUT2D eigenvalue weighted by molar-refractivity contribution is -0.124. The van der Waals surface area contributed by atoms with Crippen LogP contribution in [0.15, 0.2) is 22.8 Å². The lowest BCUT2D eigenvalue weighted by Crippen LogP contribution is -2.51. The van der Waals surface area contributed by atoms with Crippen LogP contribution in [0.1, 0.15) is 49.6 Å². The molecule has 2 amide bonds. The molecule has 0 saturated carbocycles. The van der Waals surface area contributed by atoms with E-state index in [-0.39, 0.29) is 17.2 Å². The minimum Gasteiger partial charge on any atom is -0.459 e. The first-order chi connectivity index (χ1) is 12.7. The predicted octanol–water partition coefficient (Wildman–Crippen LogP) is 2.57. The van der Waals surface area contributed by atoms with Gasteiger partial charge in [-0.25, -0.2) is 0 Å². The van der Waals surface area contributed by atoms with Crippen molar-refractivity contribution in [1.29, 1.82) is 0 Å². The Morgan fingerprint density at radius 3 is 2.81 bits per heavy atom. The van der Waals surface area contributed by atoms with Crippen LogP contribution in [-0.2, 0) is 4.79 Å². The quantitative estimate of drug-likeness (QED) is 0.789. The molecule has 2 fully saturated rings. The van der Waals surface area contributed by atoms with Gasteiger partial charge in [0.2, 0.25) is 5.91 Å². The van der Waals surface area contributed by atoms with E-state index in [0.717, 1.165) is 32.5 Å². The summed E-state index contributed by atoms with van der Waals surface area (Å²) in [4.78, 5) is 29.7. The number of hydrogen-bond donors (Lipinski definition) is 1. The fourth-order valence-electron chi connectivity index (χ4n) is 3.67. The second-order valence-electron chi connectivity index (χ2n) is 6.98. The Morgan fingerprint density at radius 1 is 1.31 bits per heavy atom. The average Bonchev–Trinajstić information content (AvgIpc) is 3.32. The summed E-state index contributed by atoms with van der Waals surface area (Å²) in [6.45, 7) is 5.87. The largest absolute Gasteiger partial charge is 0.459 e. The van der Waals surface area contributed by atoms with Crippen LogP contribution in [0.3, 0.4) is 0 Å². The molecule has 1 aromatic rings. The monoisotopic (exact) mass is 379 g/mol. The Hall–Kier alpha value is -1.47. The predicted molar refractivity (Wildman–Crippen MR) is 103 cm³/mol. The number of thioether (sulfide) groups is 1. The second kappa shape index (κ2) is 9.46. The number of rotatable bonds is 7. The van der Waals surface area contributed by atoms with Crippen LogP contribution in [0.4, 0.5) is 0 Å². The Bertz CT molecular complexity index is 587. The first-order valence-electron chi connectivity index (χ1n) is 9.68. The number of carbonyl (C=O) groups excluding carboxylic acids is 2. The molecule has 6 nitrogen and oxygen atoms in total. The molecule has 0 aromatic carbocycles. The van der Waals surface area contributed by atoms with Crippen molar-refractivity contribution in [1.82, 2.24) is 15.1 Å². The summed E-state index contributed by atoms with van der Waals surface area (Å²) >= 11 is 1.69. The molecule has 2 atom stereocenters. The lowest BCUT2D eigenvalue weighted by atomic mass is 10.1. The summed E-state index contributed by atoms with van der Waals surface area (Å²) in [5, 5.41) is 3.08. The molecule has 2 aliphatic heterocycles. The van der Waals surface area contributed by atoms with Crippen molar-refractivity contribution in [2.45, 2.75) is 50.4 Å². The van der Waals surface area contributed by atoms with Gasteiger partial charge >= 0.3 is 0 Å². The fraction of sp³-hybridized carbons (Fsp3) is 0.684. The zero-order valence-corrected chi connectivity index (χ0v) is 16.3. The summed E-state index contributed by atoms with van der Waals surface area (Å²) in [6.07, 6.45) is 7.16. The van der Waals surface area contributed by atoms with Gasteiger partial charge < -0.3 is 19.5 Å². The highest BCUT2D eigenvalue weighted by atomic mass is 32.2. The average molecular weight is 380 g/mol. The van der Waals surface area contributed by atoms with Crippen LogP contribution in [0.5, 0.6) is 0 Å². The number of nitrogens with one attached hydrogen (secondary N) is 1. The van der Waals surface area contributed by atoms with Gasteiger partial charge in [-0.15, -0.1) is 11.8 Å². The zero-order chi connectivity index (χ0) is 18.4. The van der Waals surface area contributed by atoms with Crippen molar-refractivity contribution in [3.8, 4) is 0 Å². The van der Waals surface area contributed by atoms with E-state index in [9.17, 15) is 9.59 Å². The molecule has 144 valence electrons. The molecule has 0 aliphatic carbocycles. The molecule has 26 heavy (non-hydrogen) atoms. The van der Waals surface area contributed by atoms with Crippen molar-refractivity contribution in [2.75, 3.05) is 31.9 Å². The van der Waals surface area contributed by atoms with Crippen LogP contribution in [0, 0.1) is 0 Å². The first-order valence-corrected chi connectivity index (χ1v) is 10.7. The van der Waals surface area contributed by atoms with Gasteiger partial charge in [-0.2, -0.15) is 0 Å². The van der Waals surface area contributed by atoms with E-state index < -0.39 is 6.04 Å². The number of carbonyl (C=O) groups is 2. The molecule has 0 bridgehead atoms. The van der Waals surface area contributed by atoms with E-state index in [2.05, 4.69) is 17.1 Å². The van der Waals surface area contributed by atoms with E-state index in [1.807, 2.05) is 0 Å². The summed E-state index contributed by atoms with van der Waals surface area (Å²) in [7, 11) is 0. The highest BCUT2D eigenvalue weighted by Gasteiger charge is 2.42. The molecule has 7 heteroatoms. The van der Waals surface area contributed by atoms with Gasteiger partial charge in [0.1, 0.15) is 6.04 Å². The lowest BCUT2D eigenvalue weighted by Gasteiger charge is -2.29. The van der Waals surface area contributed by atoms with Crippen molar-refractivity contribution in [3.63, 3.8) is 0 Å². The molecule has 2 saturated heterocycles. The first kappa shape index (κ1) is 19.3. The van der Waals surface area contributed by atoms with E-state index >= 15 is 0 Å². The smallest absolute Gasteiger partial charge is 0.291 e. The van der Waals surface area contributed by atoms with Gasteiger partial charge in [0, 0.05) is 18.8 Å². The third-order valence-corrected chi connectivity index (χ3v) is 6.43. The van der Waals surface area contributed by atoms with Crippen molar-refractivity contribution >= 4 is 23.6 Å². The molecule has 1 aromatic heterocycles. The van der Waals surface area contributed by atoms with Crippen LogP contribution in [-0.4, -0.2) is 65.0 Å². The number of nitrogens with zero attached hydrogens (tertiary/aromatic N) is 2. The second-order valence-corrected chi connectivity index (χ2v) is 8.19. The minimum atomic E-state index is -0.421. The molecular weight excluding hydrogens is 350 g/mol. The van der Waals surface area contributed by atoms with Crippen LogP contribution in [0.25, 0.3) is 0 Å². The van der Waals surface area contributed by atoms with Gasteiger partial charge in [0.05, 0.1) is 11.6 Å². The minimum absolute atomic E-state index is 0.0374. The number of amides is 2. The summed E-state index contributed by atoms with van der Waals surface area (Å²) in [6, 6.07) is 2.95. The van der Waals surface area contributed by atoms with E-state index in [1.54, 1.807) is 28.8 Å². The number of furan rings is 1.